The lowest BCUT2D eigenvalue weighted by Crippen LogP contribution is -2.23. The molecule has 5 aromatic rings. The lowest BCUT2D eigenvalue weighted by atomic mass is 9.83. The van der Waals surface area contributed by atoms with Gasteiger partial charge in [0.25, 0.3) is 0 Å². The highest BCUT2D eigenvalue weighted by Gasteiger charge is 2.48. The summed E-state index contributed by atoms with van der Waals surface area (Å²) in [7, 11) is 7.99. The summed E-state index contributed by atoms with van der Waals surface area (Å²) in [5.74, 6) is 1.04. The number of carbonyl (C=O) groups excluding carboxylic acids is 1. The largest absolute Gasteiger partial charge is 0.492 e. The van der Waals surface area contributed by atoms with E-state index in [0.717, 1.165) is 60.7 Å². The van der Waals surface area contributed by atoms with Crippen LogP contribution in [-0.2, 0) is 10.3 Å². The van der Waals surface area contributed by atoms with Crippen LogP contribution >= 0.6 is 63.7 Å². The van der Waals surface area contributed by atoms with Crippen LogP contribution < -0.4 is 19.3 Å². The molecule has 0 atom stereocenters. The molecule has 6 nitrogen and oxygen atoms in total. The van der Waals surface area contributed by atoms with Gasteiger partial charge in [0.05, 0.1) is 30.2 Å². The van der Waals surface area contributed by atoms with Gasteiger partial charge in [0, 0.05) is 51.6 Å². The molecule has 278 valence electrons. The van der Waals surface area contributed by atoms with Crippen LogP contribution in [0.1, 0.15) is 52.0 Å². The maximum absolute atomic E-state index is 14.3. The molecule has 0 bridgehead atoms. The van der Waals surface area contributed by atoms with E-state index in [1.807, 2.05) is 88.2 Å². The zero-order valence-corrected chi connectivity index (χ0v) is 37.2. The van der Waals surface area contributed by atoms with Crippen LogP contribution in [0.3, 0.4) is 0 Å². The molecule has 5 aromatic carbocycles. The predicted octanol–water partition coefficient (Wildman–Crippen LogP) is 12.3. The normalized spacial score (nSPS) is 15.5. The van der Waals surface area contributed by atoms with Gasteiger partial charge in [-0.2, -0.15) is 0 Å². The minimum atomic E-state index is -1.43. The second-order valence-corrected chi connectivity index (χ2v) is 16.2. The number of esters is 1. The van der Waals surface area contributed by atoms with Gasteiger partial charge in [-0.1, -0.05) is 72.8 Å². The zero-order valence-electron chi connectivity index (χ0n) is 30.8. The molecule has 0 N–H and O–H groups in total. The minimum Gasteiger partial charge on any atom is -0.492 e. The molecule has 0 spiro atoms. The molecule has 0 saturated heterocycles. The van der Waals surface area contributed by atoms with Gasteiger partial charge in [-0.25, -0.2) is 4.79 Å². The number of ether oxygens (including phenoxy) is 3. The van der Waals surface area contributed by atoms with Crippen molar-refractivity contribution in [3.63, 3.8) is 0 Å². The Balaban J connectivity index is 1.76. The summed E-state index contributed by atoms with van der Waals surface area (Å²) in [4.78, 5) is 18.4. The van der Waals surface area contributed by atoms with Gasteiger partial charge in [-0.3, -0.25) is 0 Å². The fourth-order valence-electron chi connectivity index (χ4n) is 6.67. The van der Waals surface area contributed by atoms with E-state index in [0.29, 0.717) is 37.8 Å². The van der Waals surface area contributed by atoms with Crippen molar-refractivity contribution in [1.29, 1.82) is 0 Å². The Labute approximate surface area is 351 Å². The number of rotatable bonds is 12. The van der Waals surface area contributed by atoms with Crippen molar-refractivity contribution in [3.8, 4) is 11.5 Å². The summed E-state index contributed by atoms with van der Waals surface area (Å²) in [6.07, 6.45) is 4.12. The highest BCUT2D eigenvalue weighted by molar-refractivity contribution is 9.15. The highest BCUT2D eigenvalue weighted by atomic mass is 79.9. The Hall–Kier alpha value is -3.83. The van der Waals surface area contributed by atoms with Crippen LogP contribution in [0.25, 0.3) is 11.1 Å². The number of halogens is 4. The van der Waals surface area contributed by atoms with Crippen LogP contribution in [0.15, 0.2) is 127 Å². The third-order valence-corrected chi connectivity index (χ3v) is 13.9. The van der Waals surface area contributed by atoms with Crippen molar-refractivity contribution >= 4 is 92.2 Å². The average Bonchev–Trinajstić information content (AvgIpc) is 3.46. The Morgan fingerprint density at radius 1 is 0.611 bits per heavy atom. The van der Waals surface area contributed by atoms with E-state index in [1.54, 1.807) is 0 Å². The number of hydrogen-bond donors (Lipinski definition) is 0. The van der Waals surface area contributed by atoms with Gasteiger partial charge in [-0.15, -0.1) is 0 Å². The molecule has 1 aliphatic rings. The molecular weight excluding hydrogens is 940 g/mol. The number of nitrogens with zero attached hydrogens (tertiary/aromatic N) is 2. The topological polar surface area (TPSA) is 51.2 Å². The number of hydrogen-bond acceptors (Lipinski definition) is 6. The summed E-state index contributed by atoms with van der Waals surface area (Å²) in [6.45, 7) is 4.97. The van der Waals surface area contributed by atoms with Gasteiger partial charge in [0.15, 0.2) is 5.60 Å². The molecule has 10 heteroatoms. The molecule has 54 heavy (non-hydrogen) atoms. The van der Waals surface area contributed by atoms with E-state index in [4.69, 9.17) is 14.2 Å². The van der Waals surface area contributed by atoms with E-state index in [9.17, 15) is 4.79 Å². The Bertz CT molecular complexity index is 2140. The van der Waals surface area contributed by atoms with Crippen LogP contribution in [0, 0.1) is 0 Å². The lowest BCUT2D eigenvalue weighted by Gasteiger charge is -2.28. The fraction of sp³-hybridized carbons (Fsp3) is 0.205. The predicted molar refractivity (Wildman–Crippen MR) is 235 cm³/mol. The van der Waals surface area contributed by atoms with E-state index in [2.05, 4.69) is 137 Å². The van der Waals surface area contributed by atoms with Crippen molar-refractivity contribution in [2.24, 2.45) is 0 Å². The maximum Gasteiger partial charge on any atom is 0.341 e. The monoisotopic (exact) mass is 976 g/mol. The summed E-state index contributed by atoms with van der Waals surface area (Å²) in [5, 5.41) is 0. The Morgan fingerprint density at radius 2 is 1.04 bits per heavy atom. The summed E-state index contributed by atoms with van der Waals surface area (Å²) in [6, 6.07) is 32.7. The molecule has 0 unspecified atom stereocenters. The molecule has 0 amide bonds. The van der Waals surface area contributed by atoms with Crippen LogP contribution in [0.5, 0.6) is 11.5 Å². The lowest BCUT2D eigenvalue weighted by molar-refractivity contribution is 0.0298. The molecule has 0 aliphatic carbocycles. The van der Waals surface area contributed by atoms with Gasteiger partial charge >= 0.3 is 5.97 Å². The van der Waals surface area contributed by atoms with Crippen molar-refractivity contribution in [2.45, 2.75) is 19.4 Å². The Morgan fingerprint density at radius 3 is 1.44 bits per heavy atom. The first-order valence-electron chi connectivity index (χ1n) is 17.5. The minimum absolute atomic E-state index is 0.417. The number of benzene rings is 5. The third kappa shape index (κ3) is 7.81. The summed E-state index contributed by atoms with van der Waals surface area (Å²) < 4.78 is 21.8. The number of carbonyl (C=O) groups is 1. The SMILES string of the molecule is CCOc1cc(C(=CC2(C=C(c3ccccc3)c3ccc(N(C)C)c(OCC)c3)OC(=O)c3c(Br)c(Br)c(Br)c(Br)c32)c2ccccc2)ccc1N(C)C. The molecule has 0 fully saturated rings. The average molecular weight is 980 g/mol. The first-order valence-corrected chi connectivity index (χ1v) is 20.6. The second-order valence-electron chi connectivity index (χ2n) is 13.1. The molecule has 6 rings (SSSR count). The number of anilines is 2. The Kier molecular flexibility index (Phi) is 12.5. The van der Waals surface area contributed by atoms with Crippen molar-refractivity contribution in [3.05, 3.63) is 160 Å². The third-order valence-electron chi connectivity index (χ3n) is 9.12. The van der Waals surface area contributed by atoms with Crippen LogP contribution in [-0.4, -0.2) is 47.4 Å². The van der Waals surface area contributed by atoms with Gasteiger partial charge in [0.2, 0.25) is 0 Å². The molecular formula is C44H40Br4N2O4. The second kappa shape index (κ2) is 16.9. The highest BCUT2D eigenvalue weighted by Crippen LogP contribution is 2.54. The summed E-state index contributed by atoms with van der Waals surface area (Å²) >= 11 is 15.1. The molecule has 0 saturated carbocycles. The molecule has 0 radical (unpaired) electrons. The fourth-order valence-corrected chi connectivity index (χ4v) is 9.26. The molecule has 1 aliphatic heterocycles. The van der Waals surface area contributed by atoms with Gasteiger partial charge < -0.3 is 24.0 Å². The van der Waals surface area contributed by atoms with Crippen LogP contribution in [0.4, 0.5) is 11.4 Å². The van der Waals surface area contributed by atoms with E-state index in [-0.39, 0.29) is 0 Å². The number of fused-ring (bicyclic) bond motifs is 1. The van der Waals surface area contributed by atoms with E-state index < -0.39 is 11.6 Å². The van der Waals surface area contributed by atoms with Crippen molar-refractivity contribution in [1.82, 2.24) is 0 Å². The molecule has 1 heterocycles. The standard InChI is InChI=1S/C44H40Br4N2O4/c1-7-52-35-23-29(19-21-33(35)49(3)4)31(27-15-11-9-12-16-27)25-44(38-37(43(51)54-44)39(45)41(47)42(48)40(38)46)26-32(28-17-13-10-14-18-28)30-20-22-34(50(5)6)36(24-30)53-8-2/h9-26H,7-8H2,1-6H3. The van der Waals surface area contributed by atoms with Crippen LogP contribution in [0.2, 0.25) is 0 Å². The van der Waals surface area contributed by atoms with Crippen molar-refractivity contribution in [2.75, 3.05) is 51.2 Å². The first kappa shape index (κ1) is 39.9. The van der Waals surface area contributed by atoms with E-state index in [1.165, 1.54) is 0 Å². The summed E-state index contributed by atoms with van der Waals surface area (Å²) in [5.41, 5.74) is 6.94. The molecule has 0 aromatic heterocycles. The van der Waals surface area contributed by atoms with E-state index >= 15 is 0 Å². The maximum atomic E-state index is 14.3. The quantitative estimate of drug-likeness (QED) is 0.0705. The number of cyclic esters (lactones) is 1. The van der Waals surface area contributed by atoms with Gasteiger partial charge in [-0.05, 0) is 147 Å². The van der Waals surface area contributed by atoms with Crippen molar-refractivity contribution < 1.29 is 19.0 Å². The smallest absolute Gasteiger partial charge is 0.341 e. The first-order chi connectivity index (χ1) is 25.9. The zero-order chi connectivity index (χ0) is 38.7. The van der Waals surface area contributed by atoms with Gasteiger partial charge in [0.1, 0.15) is 11.5 Å².